The number of benzene rings is 1. The van der Waals surface area contributed by atoms with Gasteiger partial charge in [0.25, 0.3) is 0 Å². The molecule has 0 fully saturated rings. The zero-order chi connectivity index (χ0) is 14.3. The van der Waals surface area contributed by atoms with Crippen LogP contribution in [0.15, 0.2) is 30.3 Å². The predicted octanol–water partition coefficient (Wildman–Crippen LogP) is 5.37. The summed E-state index contributed by atoms with van der Waals surface area (Å²) in [5, 5.41) is 1.17. The average molecular weight is 328 g/mol. The number of fused-ring (bicyclic) bond motifs is 1. The number of hydrogen-bond acceptors (Lipinski definition) is 2. The summed E-state index contributed by atoms with van der Waals surface area (Å²) in [6, 6.07) is 9.95. The van der Waals surface area contributed by atoms with Gasteiger partial charge in [0.05, 0.1) is 10.0 Å². The molecule has 1 unspecified atom stereocenters. The molecular formula is C15H13Cl3N2. The van der Waals surface area contributed by atoms with Crippen molar-refractivity contribution in [1.29, 1.82) is 0 Å². The molecule has 0 radical (unpaired) electrons. The Morgan fingerprint density at radius 1 is 1.15 bits per heavy atom. The first-order valence-corrected chi connectivity index (χ1v) is 7.56. The first-order valence-electron chi connectivity index (χ1n) is 6.43. The number of para-hydroxylation sites is 1. The van der Waals surface area contributed by atoms with Gasteiger partial charge in [-0.2, -0.15) is 0 Å². The van der Waals surface area contributed by atoms with Gasteiger partial charge >= 0.3 is 0 Å². The van der Waals surface area contributed by atoms with E-state index in [1.807, 2.05) is 6.07 Å². The van der Waals surface area contributed by atoms with E-state index < -0.39 is 0 Å². The van der Waals surface area contributed by atoms with Crippen LogP contribution < -0.4 is 4.90 Å². The Bertz CT molecular complexity index is 658. The molecule has 3 rings (SSSR count). The van der Waals surface area contributed by atoms with E-state index in [2.05, 4.69) is 35.0 Å². The molecule has 2 heterocycles. The van der Waals surface area contributed by atoms with E-state index in [-0.39, 0.29) is 5.15 Å². The molecule has 1 aromatic heterocycles. The van der Waals surface area contributed by atoms with Crippen LogP contribution in [-0.4, -0.2) is 11.5 Å². The molecule has 0 saturated heterocycles. The summed E-state index contributed by atoms with van der Waals surface area (Å²) < 4.78 is 0. The molecule has 1 aliphatic heterocycles. The average Bonchev–Trinajstić information content (AvgIpc) is 2.42. The Labute approximate surface area is 133 Å². The Kier molecular flexibility index (Phi) is 3.80. The van der Waals surface area contributed by atoms with Crippen molar-refractivity contribution in [1.82, 2.24) is 4.98 Å². The Balaban J connectivity index is 2.13. The molecule has 20 heavy (non-hydrogen) atoms. The Morgan fingerprint density at radius 3 is 2.70 bits per heavy atom. The van der Waals surface area contributed by atoms with Gasteiger partial charge in [-0.3, -0.25) is 0 Å². The maximum atomic E-state index is 6.30. The zero-order valence-corrected chi connectivity index (χ0v) is 13.2. The molecule has 2 aromatic rings. The molecule has 1 atom stereocenters. The van der Waals surface area contributed by atoms with Gasteiger partial charge in [-0.25, -0.2) is 4.98 Å². The van der Waals surface area contributed by atoms with Crippen LogP contribution in [0.3, 0.4) is 0 Å². The maximum Gasteiger partial charge on any atom is 0.153 e. The van der Waals surface area contributed by atoms with Crippen molar-refractivity contribution in [3.8, 4) is 0 Å². The monoisotopic (exact) mass is 326 g/mol. The van der Waals surface area contributed by atoms with Crippen molar-refractivity contribution in [2.75, 3.05) is 11.4 Å². The van der Waals surface area contributed by atoms with Crippen LogP contribution in [-0.2, 0) is 6.42 Å². The van der Waals surface area contributed by atoms with E-state index in [9.17, 15) is 0 Å². The lowest BCUT2D eigenvalue weighted by atomic mass is 9.94. The second kappa shape index (κ2) is 5.44. The molecular weight excluding hydrogens is 315 g/mol. The van der Waals surface area contributed by atoms with Crippen LogP contribution >= 0.6 is 34.8 Å². The number of hydrogen-bond donors (Lipinski definition) is 0. The summed E-state index contributed by atoms with van der Waals surface area (Å²) in [7, 11) is 0. The smallest absolute Gasteiger partial charge is 0.153 e. The topological polar surface area (TPSA) is 16.1 Å². The third-order valence-corrected chi connectivity index (χ3v) is 4.42. The molecule has 0 saturated carbocycles. The van der Waals surface area contributed by atoms with E-state index in [0.717, 1.165) is 18.7 Å². The van der Waals surface area contributed by atoms with Crippen LogP contribution in [0.5, 0.6) is 0 Å². The summed E-state index contributed by atoms with van der Waals surface area (Å²) in [5.74, 6) is 1.19. The molecule has 2 nitrogen and oxygen atoms in total. The van der Waals surface area contributed by atoms with Gasteiger partial charge in [0.2, 0.25) is 0 Å². The molecule has 0 amide bonds. The van der Waals surface area contributed by atoms with Crippen LogP contribution in [0.25, 0.3) is 0 Å². The highest BCUT2D eigenvalue weighted by Gasteiger charge is 2.25. The molecule has 1 aromatic carbocycles. The molecule has 0 bridgehead atoms. The number of anilines is 2. The van der Waals surface area contributed by atoms with Crippen molar-refractivity contribution < 1.29 is 0 Å². The third kappa shape index (κ3) is 2.48. The molecule has 5 heteroatoms. The summed E-state index contributed by atoms with van der Waals surface area (Å²) in [4.78, 5) is 6.48. The number of rotatable bonds is 1. The third-order valence-electron chi connectivity index (χ3n) is 3.47. The van der Waals surface area contributed by atoms with Crippen molar-refractivity contribution in [3.05, 3.63) is 51.1 Å². The number of nitrogens with zero attached hydrogens (tertiary/aromatic N) is 2. The summed E-state index contributed by atoms with van der Waals surface area (Å²) in [5.41, 5.74) is 2.44. The molecule has 104 valence electrons. The van der Waals surface area contributed by atoms with E-state index in [0.29, 0.717) is 21.8 Å². The SMILES string of the molecule is CC1Cc2ccccc2N(c2nc(Cl)c(Cl)cc2Cl)C1. The lowest BCUT2D eigenvalue weighted by molar-refractivity contribution is 0.560. The van der Waals surface area contributed by atoms with Gasteiger partial charge in [0, 0.05) is 12.2 Å². The van der Waals surface area contributed by atoms with Gasteiger partial charge in [-0.15, -0.1) is 0 Å². The van der Waals surface area contributed by atoms with Crippen LogP contribution in [0.1, 0.15) is 12.5 Å². The minimum atomic E-state index is 0.279. The first-order chi connectivity index (χ1) is 9.56. The van der Waals surface area contributed by atoms with Crippen LogP contribution in [0.2, 0.25) is 15.2 Å². The van der Waals surface area contributed by atoms with E-state index in [4.69, 9.17) is 34.8 Å². The minimum absolute atomic E-state index is 0.279. The highest BCUT2D eigenvalue weighted by Crippen LogP contribution is 2.39. The fourth-order valence-electron chi connectivity index (χ4n) is 2.62. The summed E-state index contributed by atoms with van der Waals surface area (Å²) in [6.45, 7) is 3.08. The van der Waals surface area contributed by atoms with Gasteiger partial charge in [-0.05, 0) is 30.0 Å². The summed E-state index contributed by atoms with van der Waals surface area (Å²) in [6.07, 6.45) is 1.06. The largest absolute Gasteiger partial charge is 0.325 e. The van der Waals surface area contributed by atoms with Crippen molar-refractivity contribution in [3.63, 3.8) is 0 Å². The molecule has 0 N–H and O–H groups in total. The normalized spacial score (nSPS) is 18.0. The van der Waals surface area contributed by atoms with Crippen LogP contribution in [0.4, 0.5) is 11.5 Å². The van der Waals surface area contributed by atoms with Crippen molar-refractivity contribution >= 4 is 46.3 Å². The standard InChI is InChI=1S/C15H13Cl3N2/c1-9-6-10-4-2-3-5-13(10)20(8-9)15-12(17)7-11(16)14(18)19-15/h2-5,7,9H,6,8H2,1H3. The summed E-state index contributed by atoms with van der Waals surface area (Å²) >= 11 is 18.3. The number of aromatic nitrogens is 1. The van der Waals surface area contributed by atoms with Gasteiger partial charge in [0.1, 0.15) is 5.15 Å². The Morgan fingerprint density at radius 2 is 1.90 bits per heavy atom. The Hall–Kier alpha value is -0.960. The second-order valence-corrected chi connectivity index (χ2v) is 6.29. The minimum Gasteiger partial charge on any atom is -0.325 e. The molecule has 0 spiro atoms. The van der Waals surface area contributed by atoms with E-state index in [1.165, 1.54) is 5.56 Å². The predicted molar refractivity (Wildman–Crippen MR) is 85.6 cm³/mol. The molecule has 0 aliphatic carbocycles. The van der Waals surface area contributed by atoms with Gasteiger partial charge < -0.3 is 4.90 Å². The maximum absolute atomic E-state index is 6.30. The zero-order valence-electron chi connectivity index (χ0n) is 10.9. The van der Waals surface area contributed by atoms with E-state index in [1.54, 1.807) is 6.07 Å². The lowest BCUT2D eigenvalue weighted by Crippen LogP contribution is -2.31. The second-order valence-electron chi connectivity index (χ2n) is 5.12. The van der Waals surface area contributed by atoms with E-state index >= 15 is 0 Å². The quantitative estimate of drug-likeness (QED) is 0.654. The first kappa shape index (κ1) is 14.0. The van der Waals surface area contributed by atoms with Gasteiger partial charge in [0.15, 0.2) is 5.82 Å². The van der Waals surface area contributed by atoms with Gasteiger partial charge in [-0.1, -0.05) is 59.9 Å². The number of pyridine rings is 1. The lowest BCUT2D eigenvalue weighted by Gasteiger charge is -2.34. The molecule has 1 aliphatic rings. The fourth-order valence-corrected chi connectivity index (χ4v) is 3.22. The van der Waals surface area contributed by atoms with Crippen LogP contribution in [0, 0.1) is 5.92 Å². The van der Waals surface area contributed by atoms with Crippen molar-refractivity contribution in [2.24, 2.45) is 5.92 Å². The van der Waals surface area contributed by atoms with Crippen molar-refractivity contribution in [2.45, 2.75) is 13.3 Å². The number of halogens is 3. The highest BCUT2D eigenvalue weighted by molar-refractivity contribution is 6.43. The fraction of sp³-hybridized carbons (Fsp3) is 0.267. The highest BCUT2D eigenvalue weighted by atomic mass is 35.5.